The highest BCUT2D eigenvalue weighted by atomic mass is 79.9. The summed E-state index contributed by atoms with van der Waals surface area (Å²) >= 11 is 9.24. The van der Waals surface area contributed by atoms with Crippen LogP contribution in [0.1, 0.15) is 17.2 Å². The van der Waals surface area contributed by atoms with Crippen LogP contribution < -0.4 is 5.32 Å². The Labute approximate surface area is 130 Å². The Morgan fingerprint density at radius 1 is 1.25 bits per heavy atom. The van der Waals surface area contributed by atoms with Crippen LogP contribution in [-0.2, 0) is 4.79 Å². The minimum Gasteiger partial charge on any atom is -0.479 e. The van der Waals surface area contributed by atoms with E-state index in [4.69, 9.17) is 11.6 Å². The van der Waals surface area contributed by atoms with Crippen molar-refractivity contribution in [3.05, 3.63) is 63.1 Å². The van der Waals surface area contributed by atoms with Crippen LogP contribution in [0, 0.1) is 6.92 Å². The molecule has 0 aliphatic rings. The highest BCUT2D eigenvalue weighted by molar-refractivity contribution is 9.10. The van der Waals surface area contributed by atoms with Crippen LogP contribution in [0.25, 0.3) is 0 Å². The van der Waals surface area contributed by atoms with Gasteiger partial charge in [0.25, 0.3) is 0 Å². The molecule has 0 amide bonds. The molecule has 2 N–H and O–H groups in total. The van der Waals surface area contributed by atoms with Crippen molar-refractivity contribution < 1.29 is 9.90 Å². The number of anilines is 1. The molecule has 0 fully saturated rings. The quantitative estimate of drug-likeness (QED) is 0.840. The number of benzene rings is 2. The monoisotopic (exact) mass is 353 g/mol. The van der Waals surface area contributed by atoms with E-state index in [1.54, 1.807) is 18.2 Å². The molecular weight excluding hydrogens is 342 g/mol. The van der Waals surface area contributed by atoms with Gasteiger partial charge < -0.3 is 10.4 Å². The van der Waals surface area contributed by atoms with E-state index < -0.39 is 12.0 Å². The van der Waals surface area contributed by atoms with Gasteiger partial charge in [0, 0.05) is 10.2 Å². The van der Waals surface area contributed by atoms with E-state index in [2.05, 4.69) is 21.2 Å². The second-order valence-electron chi connectivity index (χ2n) is 4.46. The SMILES string of the molecule is Cc1ccc(C(Nc2ccc(Cl)c(Br)c2)C(=O)O)cc1. The average molecular weight is 355 g/mol. The summed E-state index contributed by atoms with van der Waals surface area (Å²) in [5, 5.41) is 13.0. The Morgan fingerprint density at radius 3 is 2.45 bits per heavy atom. The molecule has 5 heteroatoms. The fourth-order valence-electron chi connectivity index (χ4n) is 1.80. The second-order valence-corrected chi connectivity index (χ2v) is 5.72. The number of aliphatic carboxylic acids is 1. The lowest BCUT2D eigenvalue weighted by Gasteiger charge is -2.17. The summed E-state index contributed by atoms with van der Waals surface area (Å²) in [6.07, 6.45) is 0. The molecule has 0 aromatic heterocycles. The zero-order valence-corrected chi connectivity index (χ0v) is 13.1. The van der Waals surface area contributed by atoms with Gasteiger partial charge in [-0.1, -0.05) is 41.4 Å². The first-order valence-electron chi connectivity index (χ1n) is 5.98. The van der Waals surface area contributed by atoms with Gasteiger partial charge in [-0.15, -0.1) is 0 Å². The Morgan fingerprint density at radius 2 is 1.90 bits per heavy atom. The number of nitrogens with one attached hydrogen (secondary N) is 1. The summed E-state index contributed by atoms with van der Waals surface area (Å²) in [4.78, 5) is 11.4. The van der Waals surface area contributed by atoms with Crippen LogP contribution in [0.5, 0.6) is 0 Å². The van der Waals surface area contributed by atoms with Gasteiger partial charge in [0.05, 0.1) is 5.02 Å². The highest BCUT2D eigenvalue weighted by Crippen LogP contribution is 2.28. The lowest BCUT2D eigenvalue weighted by atomic mass is 10.0. The maximum Gasteiger partial charge on any atom is 0.330 e. The van der Waals surface area contributed by atoms with Crippen molar-refractivity contribution in [1.82, 2.24) is 0 Å². The van der Waals surface area contributed by atoms with E-state index >= 15 is 0 Å². The van der Waals surface area contributed by atoms with E-state index in [0.29, 0.717) is 16.3 Å². The molecule has 0 saturated heterocycles. The fraction of sp³-hybridized carbons (Fsp3) is 0.133. The molecule has 1 atom stereocenters. The lowest BCUT2D eigenvalue weighted by Crippen LogP contribution is -2.20. The van der Waals surface area contributed by atoms with Gasteiger partial charge in [0.15, 0.2) is 6.04 Å². The smallest absolute Gasteiger partial charge is 0.330 e. The topological polar surface area (TPSA) is 49.3 Å². The number of aryl methyl sites for hydroxylation is 1. The molecule has 2 aromatic rings. The van der Waals surface area contributed by atoms with Crippen LogP contribution in [0.4, 0.5) is 5.69 Å². The van der Waals surface area contributed by atoms with E-state index in [1.165, 1.54) is 0 Å². The molecule has 104 valence electrons. The molecule has 0 aliphatic carbocycles. The first kappa shape index (κ1) is 14.9. The Bertz CT molecular complexity index is 628. The lowest BCUT2D eigenvalue weighted by molar-refractivity contribution is -0.138. The molecule has 0 spiro atoms. The molecule has 0 aliphatic heterocycles. The van der Waals surface area contributed by atoms with E-state index in [1.807, 2.05) is 31.2 Å². The van der Waals surface area contributed by atoms with E-state index in [-0.39, 0.29) is 0 Å². The molecule has 0 heterocycles. The third kappa shape index (κ3) is 3.52. The summed E-state index contributed by atoms with van der Waals surface area (Å²) in [5.41, 5.74) is 2.48. The number of halogens is 2. The van der Waals surface area contributed by atoms with Crippen molar-refractivity contribution in [3.8, 4) is 0 Å². The number of hydrogen-bond donors (Lipinski definition) is 2. The largest absolute Gasteiger partial charge is 0.479 e. The summed E-state index contributed by atoms with van der Waals surface area (Å²) in [5.74, 6) is -0.931. The summed E-state index contributed by atoms with van der Waals surface area (Å²) in [7, 11) is 0. The predicted molar refractivity (Wildman–Crippen MR) is 84.3 cm³/mol. The van der Waals surface area contributed by atoms with Crippen molar-refractivity contribution in [2.75, 3.05) is 5.32 Å². The van der Waals surface area contributed by atoms with Gasteiger partial charge >= 0.3 is 5.97 Å². The fourth-order valence-corrected chi connectivity index (χ4v) is 2.30. The molecule has 2 rings (SSSR count). The maximum atomic E-state index is 11.4. The van der Waals surface area contributed by atoms with Crippen molar-refractivity contribution in [2.24, 2.45) is 0 Å². The Kier molecular flexibility index (Phi) is 4.68. The molecule has 0 radical (unpaired) electrons. The van der Waals surface area contributed by atoms with Gasteiger partial charge in [0.2, 0.25) is 0 Å². The predicted octanol–water partition coefficient (Wildman–Crippen LogP) is 4.65. The number of hydrogen-bond acceptors (Lipinski definition) is 2. The van der Waals surface area contributed by atoms with Gasteiger partial charge in [-0.05, 0) is 46.6 Å². The van der Waals surface area contributed by atoms with Crippen LogP contribution in [0.3, 0.4) is 0 Å². The van der Waals surface area contributed by atoms with Gasteiger partial charge in [-0.2, -0.15) is 0 Å². The van der Waals surface area contributed by atoms with Crippen molar-refractivity contribution in [2.45, 2.75) is 13.0 Å². The molecule has 0 bridgehead atoms. The van der Waals surface area contributed by atoms with Crippen LogP contribution >= 0.6 is 27.5 Å². The van der Waals surface area contributed by atoms with Gasteiger partial charge in [-0.25, -0.2) is 4.79 Å². The third-order valence-electron chi connectivity index (χ3n) is 2.89. The minimum absolute atomic E-state index is 0.581. The molecule has 20 heavy (non-hydrogen) atoms. The number of carboxylic acids is 1. The number of carbonyl (C=O) groups is 1. The van der Waals surface area contributed by atoms with Crippen LogP contribution in [-0.4, -0.2) is 11.1 Å². The standard InChI is InChI=1S/C15H13BrClNO2/c1-9-2-4-10(5-3-9)14(15(19)20)18-11-6-7-13(17)12(16)8-11/h2-8,14,18H,1H3,(H,19,20). The Hall–Kier alpha value is -1.52. The number of rotatable bonds is 4. The second kappa shape index (κ2) is 6.29. The number of carboxylic acid groups (broad SMARTS) is 1. The summed E-state index contributed by atoms with van der Waals surface area (Å²) in [6, 6.07) is 11.8. The summed E-state index contributed by atoms with van der Waals surface area (Å²) < 4.78 is 0.720. The van der Waals surface area contributed by atoms with Crippen molar-refractivity contribution in [1.29, 1.82) is 0 Å². The molecule has 3 nitrogen and oxygen atoms in total. The highest BCUT2D eigenvalue weighted by Gasteiger charge is 2.19. The van der Waals surface area contributed by atoms with Gasteiger partial charge in [0.1, 0.15) is 0 Å². The van der Waals surface area contributed by atoms with Crippen LogP contribution in [0.2, 0.25) is 5.02 Å². The van der Waals surface area contributed by atoms with Crippen molar-refractivity contribution in [3.63, 3.8) is 0 Å². The molecule has 1 unspecified atom stereocenters. The Balaban J connectivity index is 2.27. The zero-order valence-electron chi connectivity index (χ0n) is 10.7. The molecule has 2 aromatic carbocycles. The minimum atomic E-state index is -0.931. The van der Waals surface area contributed by atoms with Gasteiger partial charge in [-0.3, -0.25) is 0 Å². The first-order valence-corrected chi connectivity index (χ1v) is 7.15. The summed E-state index contributed by atoms with van der Waals surface area (Å²) in [6.45, 7) is 1.96. The first-order chi connectivity index (χ1) is 9.47. The third-order valence-corrected chi connectivity index (χ3v) is 4.10. The van der Waals surface area contributed by atoms with Crippen LogP contribution in [0.15, 0.2) is 46.9 Å². The molecule has 0 saturated carbocycles. The van der Waals surface area contributed by atoms with E-state index in [0.717, 1.165) is 10.0 Å². The zero-order chi connectivity index (χ0) is 14.7. The van der Waals surface area contributed by atoms with E-state index in [9.17, 15) is 9.90 Å². The molecular formula is C15H13BrClNO2. The average Bonchev–Trinajstić information content (AvgIpc) is 2.41. The normalized spacial score (nSPS) is 11.9. The maximum absolute atomic E-state index is 11.4. The van der Waals surface area contributed by atoms with Crippen molar-refractivity contribution >= 4 is 39.2 Å².